The average Bonchev–Trinajstić information content (AvgIpc) is 2.66. The summed E-state index contributed by atoms with van der Waals surface area (Å²) >= 11 is 0. The van der Waals surface area contributed by atoms with Gasteiger partial charge in [0.25, 0.3) is 0 Å². The normalized spacial score (nSPS) is 15.4. The Balaban J connectivity index is 2.68. The fraction of sp³-hybridized carbons (Fsp3) is 0.833. The third-order valence-corrected chi connectivity index (χ3v) is 2.92. The second-order valence-electron chi connectivity index (χ2n) is 4.56. The lowest BCUT2D eigenvalue weighted by atomic mass is 10.00. The zero-order valence-electron chi connectivity index (χ0n) is 10.9. The summed E-state index contributed by atoms with van der Waals surface area (Å²) < 4.78 is 5.02. The fourth-order valence-corrected chi connectivity index (χ4v) is 1.87. The Kier molecular flexibility index (Phi) is 4.93. The number of aryl methyl sites for hydroxylation is 1. The number of hydrogen-bond donors (Lipinski definition) is 1. The molecule has 0 fully saturated rings. The smallest absolute Gasteiger partial charge is 0.223 e. The van der Waals surface area contributed by atoms with E-state index in [4.69, 9.17) is 4.52 Å². The van der Waals surface area contributed by atoms with E-state index in [0.717, 1.165) is 18.7 Å². The zero-order valence-corrected chi connectivity index (χ0v) is 10.9. The van der Waals surface area contributed by atoms with Crippen molar-refractivity contribution in [2.75, 3.05) is 0 Å². The van der Waals surface area contributed by atoms with Gasteiger partial charge in [-0.1, -0.05) is 32.9 Å². The first kappa shape index (κ1) is 13.2. The Labute approximate surface area is 97.8 Å². The van der Waals surface area contributed by atoms with Gasteiger partial charge >= 0.3 is 0 Å². The van der Waals surface area contributed by atoms with Gasteiger partial charge in [-0.25, -0.2) is 0 Å². The molecule has 1 aromatic rings. The second kappa shape index (κ2) is 5.99. The Morgan fingerprint density at radius 2 is 1.94 bits per heavy atom. The Hall–Kier alpha value is -0.900. The van der Waals surface area contributed by atoms with Crippen LogP contribution in [0, 0.1) is 12.8 Å². The SMILES string of the molecule is CCC(NC(CC)C(C)C)c1noc(C)n1. The third kappa shape index (κ3) is 3.30. The highest BCUT2D eigenvalue weighted by Crippen LogP contribution is 2.17. The molecule has 1 aromatic heterocycles. The number of aromatic nitrogens is 2. The quantitative estimate of drug-likeness (QED) is 0.808. The summed E-state index contributed by atoms with van der Waals surface area (Å²) in [4.78, 5) is 4.29. The molecule has 0 bridgehead atoms. The standard InChI is InChI=1S/C12H23N3O/c1-6-10(8(3)4)14-11(7-2)12-13-9(5)16-15-12/h8,10-11,14H,6-7H2,1-5H3. The monoisotopic (exact) mass is 225 g/mol. The highest BCUT2D eigenvalue weighted by atomic mass is 16.5. The molecule has 4 heteroatoms. The lowest BCUT2D eigenvalue weighted by molar-refractivity contribution is 0.321. The Morgan fingerprint density at radius 3 is 2.31 bits per heavy atom. The number of rotatable bonds is 6. The molecule has 0 aromatic carbocycles. The summed E-state index contributed by atoms with van der Waals surface area (Å²) in [5, 5.41) is 7.58. The molecule has 0 saturated heterocycles. The minimum Gasteiger partial charge on any atom is -0.340 e. The van der Waals surface area contributed by atoms with Crippen LogP contribution in [-0.4, -0.2) is 16.2 Å². The highest BCUT2D eigenvalue weighted by molar-refractivity contribution is 4.94. The molecule has 1 rings (SSSR count). The minimum atomic E-state index is 0.199. The van der Waals surface area contributed by atoms with Gasteiger partial charge in [0.1, 0.15) is 0 Å². The van der Waals surface area contributed by atoms with Gasteiger partial charge in [0.05, 0.1) is 6.04 Å². The predicted molar refractivity (Wildman–Crippen MR) is 64.1 cm³/mol. The van der Waals surface area contributed by atoms with Crippen LogP contribution in [0.1, 0.15) is 58.3 Å². The van der Waals surface area contributed by atoms with Crippen LogP contribution in [0.3, 0.4) is 0 Å². The second-order valence-corrected chi connectivity index (χ2v) is 4.56. The molecule has 16 heavy (non-hydrogen) atoms. The number of hydrogen-bond acceptors (Lipinski definition) is 4. The number of nitrogens with zero attached hydrogens (tertiary/aromatic N) is 2. The van der Waals surface area contributed by atoms with Gasteiger partial charge in [-0.3, -0.25) is 0 Å². The lowest BCUT2D eigenvalue weighted by Gasteiger charge is -2.25. The maximum atomic E-state index is 5.02. The van der Waals surface area contributed by atoms with E-state index in [9.17, 15) is 0 Å². The minimum absolute atomic E-state index is 0.199. The van der Waals surface area contributed by atoms with Crippen LogP contribution in [-0.2, 0) is 0 Å². The zero-order chi connectivity index (χ0) is 12.1. The van der Waals surface area contributed by atoms with Gasteiger partial charge in [-0.2, -0.15) is 4.98 Å². The van der Waals surface area contributed by atoms with Gasteiger partial charge in [0.15, 0.2) is 5.82 Å². The molecule has 0 aliphatic heterocycles. The van der Waals surface area contributed by atoms with E-state index in [-0.39, 0.29) is 6.04 Å². The van der Waals surface area contributed by atoms with Crippen LogP contribution in [0.25, 0.3) is 0 Å². The van der Waals surface area contributed by atoms with Crippen molar-refractivity contribution < 1.29 is 4.52 Å². The van der Waals surface area contributed by atoms with Crippen LogP contribution in [0.2, 0.25) is 0 Å². The Morgan fingerprint density at radius 1 is 1.25 bits per heavy atom. The molecule has 2 unspecified atom stereocenters. The van der Waals surface area contributed by atoms with Crippen LogP contribution in [0.15, 0.2) is 4.52 Å². The van der Waals surface area contributed by atoms with Gasteiger partial charge in [0, 0.05) is 13.0 Å². The van der Waals surface area contributed by atoms with Crippen molar-refractivity contribution in [2.45, 2.75) is 59.5 Å². The molecule has 92 valence electrons. The van der Waals surface area contributed by atoms with Crippen LogP contribution in [0.4, 0.5) is 0 Å². The first-order chi connectivity index (χ1) is 7.58. The largest absolute Gasteiger partial charge is 0.340 e. The van der Waals surface area contributed by atoms with E-state index < -0.39 is 0 Å². The van der Waals surface area contributed by atoms with Crippen molar-refractivity contribution in [1.29, 1.82) is 0 Å². The maximum Gasteiger partial charge on any atom is 0.223 e. The molecule has 0 saturated carbocycles. The molecule has 0 spiro atoms. The third-order valence-electron chi connectivity index (χ3n) is 2.92. The topological polar surface area (TPSA) is 51.0 Å². The van der Waals surface area contributed by atoms with E-state index in [2.05, 4.69) is 43.2 Å². The van der Waals surface area contributed by atoms with Crippen molar-refractivity contribution in [3.05, 3.63) is 11.7 Å². The van der Waals surface area contributed by atoms with Gasteiger partial charge in [-0.15, -0.1) is 0 Å². The summed E-state index contributed by atoms with van der Waals surface area (Å²) in [6.07, 6.45) is 2.09. The van der Waals surface area contributed by atoms with Crippen LogP contribution < -0.4 is 5.32 Å². The van der Waals surface area contributed by atoms with Crippen LogP contribution in [0.5, 0.6) is 0 Å². The average molecular weight is 225 g/mol. The molecule has 1 heterocycles. The molecule has 0 amide bonds. The predicted octanol–water partition coefficient (Wildman–Crippen LogP) is 2.85. The molecule has 2 atom stereocenters. The van der Waals surface area contributed by atoms with E-state index in [0.29, 0.717) is 17.9 Å². The maximum absolute atomic E-state index is 5.02. The first-order valence-electron chi connectivity index (χ1n) is 6.14. The van der Waals surface area contributed by atoms with E-state index >= 15 is 0 Å². The van der Waals surface area contributed by atoms with Crippen molar-refractivity contribution in [3.8, 4) is 0 Å². The lowest BCUT2D eigenvalue weighted by Crippen LogP contribution is -2.36. The number of nitrogens with one attached hydrogen (secondary N) is 1. The Bertz CT molecular complexity index is 309. The van der Waals surface area contributed by atoms with Crippen molar-refractivity contribution >= 4 is 0 Å². The van der Waals surface area contributed by atoms with E-state index in [1.54, 1.807) is 0 Å². The molecular weight excluding hydrogens is 202 g/mol. The summed E-state index contributed by atoms with van der Waals surface area (Å²) in [6.45, 7) is 10.6. The van der Waals surface area contributed by atoms with Crippen molar-refractivity contribution in [1.82, 2.24) is 15.5 Å². The first-order valence-corrected chi connectivity index (χ1v) is 6.14. The van der Waals surface area contributed by atoms with Crippen LogP contribution >= 0.6 is 0 Å². The van der Waals surface area contributed by atoms with Crippen molar-refractivity contribution in [3.63, 3.8) is 0 Å². The molecule has 4 nitrogen and oxygen atoms in total. The summed E-state index contributed by atoms with van der Waals surface area (Å²) in [7, 11) is 0. The summed E-state index contributed by atoms with van der Waals surface area (Å²) in [5.74, 6) is 2.03. The summed E-state index contributed by atoms with van der Waals surface area (Å²) in [5.41, 5.74) is 0. The van der Waals surface area contributed by atoms with E-state index in [1.165, 1.54) is 0 Å². The molecule has 1 N–H and O–H groups in total. The van der Waals surface area contributed by atoms with Gasteiger partial charge < -0.3 is 9.84 Å². The van der Waals surface area contributed by atoms with Gasteiger partial charge in [0.2, 0.25) is 5.89 Å². The molecule has 0 aliphatic carbocycles. The fourth-order valence-electron chi connectivity index (χ4n) is 1.87. The molecular formula is C12H23N3O. The summed E-state index contributed by atoms with van der Waals surface area (Å²) in [6, 6.07) is 0.702. The van der Waals surface area contributed by atoms with Gasteiger partial charge in [-0.05, 0) is 18.8 Å². The highest BCUT2D eigenvalue weighted by Gasteiger charge is 2.20. The molecule has 0 radical (unpaired) electrons. The molecule has 0 aliphatic rings. The van der Waals surface area contributed by atoms with E-state index in [1.807, 2.05) is 6.92 Å². The van der Waals surface area contributed by atoms with Crippen molar-refractivity contribution in [2.24, 2.45) is 5.92 Å².